The van der Waals surface area contributed by atoms with Crippen LogP contribution in [0, 0.1) is 5.82 Å². The molecule has 2 aliphatic heterocycles. The summed E-state index contributed by atoms with van der Waals surface area (Å²) in [7, 11) is -1.31. The molecular weight excluding hydrogens is 508 g/mol. The Kier molecular flexibility index (Phi) is 8.95. The van der Waals surface area contributed by atoms with Crippen LogP contribution in [0.2, 0.25) is 0 Å². The first-order valence-corrected chi connectivity index (χ1v) is 11.7. The Balaban J connectivity index is 0.00000300. The van der Waals surface area contributed by atoms with Crippen molar-refractivity contribution in [2.24, 2.45) is 4.99 Å². The first-order valence-electron chi connectivity index (χ1n) is 9.83. The SMILES string of the molecule is CCN1CCN(c2ccc(CNC(=NC)NC3CCS(=O)(=O)C3)cc2F)CC1.I. The number of anilines is 1. The number of hydrogen-bond donors (Lipinski definition) is 2. The first kappa shape index (κ1) is 24.1. The molecule has 164 valence electrons. The van der Waals surface area contributed by atoms with Gasteiger partial charge in [0, 0.05) is 45.8 Å². The van der Waals surface area contributed by atoms with Crippen molar-refractivity contribution in [2.75, 3.05) is 56.2 Å². The van der Waals surface area contributed by atoms with Gasteiger partial charge in [0.2, 0.25) is 0 Å². The molecular formula is C19H31FIN5O2S. The second-order valence-electron chi connectivity index (χ2n) is 7.38. The van der Waals surface area contributed by atoms with Gasteiger partial charge < -0.3 is 20.4 Å². The molecule has 2 aliphatic rings. The van der Waals surface area contributed by atoms with E-state index in [1.807, 2.05) is 12.1 Å². The summed E-state index contributed by atoms with van der Waals surface area (Å²) in [6.45, 7) is 7.18. The summed E-state index contributed by atoms with van der Waals surface area (Å²) in [5.74, 6) is 0.653. The fourth-order valence-electron chi connectivity index (χ4n) is 3.70. The van der Waals surface area contributed by atoms with Crippen molar-refractivity contribution in [3.8, 4) is 0 Å². The molecule has 0 aromatic heterocycles. The van der Waals surface area contributed by atoms with Crippen LogP contribution < -0.4 is 15.5 Å². The minimum atomic E-state index is -2.95. The van der Waals surface area contributed by atoms with E-state index in [9.17, 15) is 12.8 Å². The number of benzene rings is 1. The number of likely N-dealkylation sites (N-methyl/N-ethyl adjacent to an activating group) is 1. The Hall–Kier alpha value is -1.14. The molecule has 1 aromatic carbocycles. The van der Waals surface area contributed by atoms with Gasteiger partial charge in [-0.3, -0.25) is 4.99 Å². The minimum Gasteiger partial charge on any atom is -0.367 e. The van der Waals surface area contributed by atoms with Gasteiger partial charge >= 0.3 is 0 Å². The molecule has 0 aliphatic carbocycles. The van der Waals surface area contributed by atoms with E-state index in [1.165, 1.54) is 0 Å². The molecule has 2 heterocycles. The highest BCUT2D eigenvalue weighted by Crippen LogP contribution is 2.22. The number of halogens is 2. The smallest absolute Gasteiger partial charge is 0.191 e. The zero-order valence-corrected chi connectivity index (χ0v) is 20.2. The third kappa shape index (κ3) is 6.68. The van der Waals surface area contributed by atoms with Crippen LogP contribution in [0.1, 0.15) is 18.9 Å². The Labute approximate surface area is 190 Å². The van der Waals surface area contributed by atoms with E-state index in [1.54, 1.807) is 13.1 Å². The van der Waals surface area contributed by atoms with Crippen LogP contribution in [0.5, 0.6) is 0 Å². The number of sulfone groups is 1. The fourth-order valence-corrected chi connectivity index (χ4v) is 5.38. The van der Waals surface area contributed by atoms with Gasteiger partial charge in [0.1, 0.15) is 5.82 Å². The Morgan fingerprint density at radius 3 is 2.55 bits per heavy atom. The minimum absolute atomic E-state index is 0. The van der Waals surface area contributed by atoms with E-state index < -0.39 is 9.84 Å². The lowest BCUT2D eigenvalue weighted by Crippen LogP contribution is -2.46. The number of hydrogen-bond acceptors (Lipinski definition) is 5. The molecule has 0 radical (unpaired) electrons. The number of rotatable bonds is 5. The zero-order chi connectivity index (χ0) is 20.1. The molecule has 3 rings (SSSR count). The Morgan fingerprint density at radius 1 is 1.28 bits per heavy atom. The number of guanidine groups is 1. The lowest BCUT2D eigenvalue weighted by Gasteiger charge is -2.35. The van der Waals surface area contributed by atoms with Crippen molar-refractivity contribution < 1.29 is 12.8 Å². The van der Waals surface area contributed by atoms with Crippen molar-refractivity contribution in [3.63, 3.8) is 0 Å². The van der Waals surface area contributed by atoms with Crippen LogP contribution >= 0.6 is 24.0 Å². The summed E-state index contributed by atoms with van der Waals surface area (Å²) < 4.78 is 37.8. The Morgan fingerprint density at radius 2 is 2.00 bits per heavy atom. The molecule has 29 heavy (non-hydrogen) atoms. The van der Waals surface area contributed by atoms with Gasteiger partial charge in [-0.15, -0.1) is 24.0 Å². The van der Waals surface area contributed by atoms with Crippen LogP contribution in [-0.4, -0.2) is 76.6 Å². The molecule has 0 saturated carbocycles. The molecule has 2 fully saturated rings. The van der Waals surface area contributed by atoms with Gasteiger partial charge in [0.15, 0.2) is 15.8 Å². The van der Waals surface area contributed by atoms with E-state index in [0.29, 0.717) is 24.6 Å². The lowest BCUT2D eigenvalue weighted by molar-refractivity contribution is 0.270. The van der Waals surface area contributed by atoms with E-state index in [0.717, 1.165) is 38.3 Å². The number of aliphatic imine (C=N–C) groups is 1. The molecule has 2 N–H and O–H groups in total. The molecule has 1 unspecified atom stereocenters. The van der Waals surface area contributed by atoms with Crippen LogP contribution in [0.4, 0.5) is 10.1 Å². The lowest BCUT2D eigenvalue weighted by atomic mass is 10.1. The second-order valence-corrected chi connectivity index (χ2v) is 9.61. The monoisotopic (exact) mass is 539 g/mol. The largest absolute Gasteiger partial charge is 0.367 e. The van der Waals surface area contributed by atoms with Crippen LogP contribution in [0.15, 0.2) is 23.2 Å². The van der Waals surface area contributed by atoms with Gasteiger partial charge in [-0.05, 0) is 30.7 Å². The summed E-state index contributed by atoms with van der Waals surface area (Å²) in [6.07, 6.45) is 0.581. The van der Waals surface area contributed by atoms with Crippen molar-refractivity contribution in [2.45, 2.75) is 25.9 Å². The molecule has 1 atom stereocenters. The van der Waals surface area contributed by atoms with E-state index in [-0.39, 0.29) is 47.3 Å². The molecule has 2 saturated heterocycles. The third-order valence-corrected chi connectivity index (χ3v) is 7.20. The van der Waals surface area contributed by atoms with Crippen molar-refractivity contribution >= 4 is 45.5 Å². The van der Waals surface area contributed by atoms with Crippen LogP contribution in [0.25, 0.3) is 0 Å². The summed E-state index contributed by atoms with van der Waals surface area (Å²) in [5, 5.41) is 6.27. The topological polar surface area (TPSA) is 77.0 Å². The van der Waals surface area contributed by atoms with Crippen LogP contribution in [0.3, 0.4) is 0 Å². The molecule has 10 heteroatoms. The average Bonchev–Trinajstić information content (AvgIpc) is 3.03. The molecule has 1 aromatic rings. The predicted molar refractivity (Wildman–Crippen MR) is 127 cm³/mol. The van der Waals surface area contributed by atoms with E-state index in [2.05, 4.69) is 32.3 Å². The highest BCUT2D eigenvalue weighted by molar-refractivity contribution is 14.0. The van der Waals surface area contributed by atoms with Gasteiger partial charge in [0.25, 0.3) is 0 Å². The fraction of sp³-hybridized carbons (Fsp3) is 0.632. The van der Waals surface area contributed by atoms with E-state index in [4.69, 9.17) is 0 Å². The summed E-state index contributed by atoms with van der Waals surface area (Å²) in [4.78, 5) is 8.59. The van der Waals surface area contributed by atoms with Gasteiger partial charge in [0.05, 0.1) is 17.2 Å². The number of nitrogens with one attached hydrogen (secondary N) is 2. The third-order valence-electron chi connectivity index (χ3n) is 5.43. The predicted octanol–water partition coefficient (Wildman–Crippen LogP) is 1.44. The maximum absolute atomic E-state index is 14.6. The molecule has 0 amide bonds. The quantitative estimate of drug-likeness (QED) is 0.335. The molecule has 0 spiro atoms. The van der Waals surface area contributed by atoms with Gasteiger partial charge in [-0.1, -0.05) is 13.0 Å². The highest BCUT2D eigenvalue weighted by atomic mass is 127. The first-order chi connectivity index (χ1) is 13.4. The highest BCUT2D eigenvalue weighted by Gasteiger charge is 2.28. The maximum atomic E-state index is 14.6. The summed E-state index contributed by atoms with van der Waals surface area (Å²) >= 11 is 0. The normalized spacial score (nSPS) is 22.2. The van der Waals surface area contributed by atoms with Gasteiger partial charge in [-0.25, -0.2) is 12.8 Å². The van der Waals surface area contributed by atoms with Crippen molar-refractivity contribution in [1.29, 1.82) is 0 Å². The number of nitrogens with zero attached hydrogens (tertiary/aromatic N) is 3. The zero-order valence-electron chi connectivity index (χ0n) is 17.0. The average molecular weight is 539 g/mol. The van der Waals surface area contributed by atoms with Crippen molar-refractivity contribution in [3.05, 3.63) is 29.6 Å². The maximum Gasteiger partial charge on any atom is 0.191 e. The van der Waals surface area contributed by atoms with Gasteiger partial charge in [-0.2, -0.15) is 0 Å². The second kappa shape index (κ2) is 10.8. The number of piperazine rings is 1. The van der Waals surface area contributed by atoms with Crippen molar-refractivity contribution in [1.82, 2.24) is 15.5 Å². The standard InChI is InChI=1S/C19H30FN5O2S.HI/c1-3-24-7-9-25(10-8-24)18-5-4-15(12-17(18)20)13-22-19(21-2)23-16-6-11-28(26,27)14-16;/h4-5,12,16H,3,6-11,13-14H2,1-2H3,(H2,21,22,23);1H. The molecule has 0 bridgehead atoms. The van der Waals surface area contributed by atoms with E-state index >= 15 is 0 Å². The summed E-state index contributed by atoms with van der Waals surface area (Å²) in [6, 6.07) is 5.19. The Bertz CT molecular complexity index is 813. The van der Waals surface area contributed by atoms with Crippen LogP contribution in [-0.2, 0) is 16.4 Å². The summed E-state index contributed by atoms with van der Waals surface area (Å²) in [5.41, 5.74) is 1.47. The molecule has 7 nitrogen and oxygen atoms in total.